The predicted molar refractivity (Wildman–Crippen MR) is 82.8 cm³/mol. The van der Waals surface area contributed by atoms with Crippen LogP contribution in [0.3, 0.4) is 0 Å². The minimum absolute atomic E-state index is 0.805. The molecule has 0 amide bonds. The minimum atomic E-state index is 0.805. The van der Waals surface area contributed by atoms with Gasteiger partial charge in [-0.1, -0.05) is 6.92 Å². The third kappa shape index (κ3) is 2.54. The molecule has 0 atom stereocenters. The Morgan fingerprint density at radius 1 is 1.30 bits per heavy atom. The molecule has 0 spiro atoms. The van der Waals surface area contributed by atoms with Gasteiger partial charge in [0.05, 0.1) is 16.7 Å². The Morgan fingerprint density at radius 2 is 2.15 bits per heavy atom. The van der Waals surface area contributed by atoms with Gasteiger partial charge < -0.3 is 4.90 Å². The van der Waals surface area contributed by atoms with E-state index in [9.17, 15) is 0 Å². The summed E-state index contributed by atoms with van der Waals surface area (Å²) in [5.41, 5.74) is 3.56. The molecule has 0 aromatic carbocycles. The average Bonchev–Trinajstić information content (AvgIpc) is 2.46. The highest BCUT2D eigenvalue weighted by molar-refractivity contribution is 9.10. The van der Waals surface area contributed by atoms with Crippen LogP contribution >= 0.6 is 15.9 Å². The molecule has 2 aromatic rings. The normalized spacial score (nSPS) is 14.2. The molecule has 4 nitrogen and oxygen atoms in total. The molecule has 0 saturated carbocycles. The third-order valence-corrected chi connectivity index (χ3v) is 4.15. The Bertz CT molecular complexity index is 642. The van der Waals surface area contributed by atoms with Gasteiger partial charge in [0.15, 0.2) is 0 Å². The van der Waals surface area contributed by atoms with E-state index < -0.39 is 0 Å². The van der Waals surface area contributed by atoms with Crippen LogP contribution in [-0.4, -0.2) is 21.5 Å². The molecule has 1 aliphatic rings. The molecule has 0 saturated heterocycles. The lowest BCUT2D eigenvalue weighted by molar-refractivity contribution is 0.683. The van der Waals surface area contributed by atoms with Crippen LogP contribution in [0.5, 0.6) is 0 Å². The topological polar surface area (TPSA) is 41.9 Å². The van der Waals surface area contributed by atoms with Gasteiger partial charge in [0, 0.05) is 25.4 Å². The summed E-state index contributed by atoms with van der Waals surface area (Å²) < 4.78 is 1.05. The first-order valence-electron chi connectivity index (χ1n) is 6.88. The van der Waals surface area contributed by atoms with Crippen molar-refractivity contribution in [2.45, 2.75) is 33.2 Å². The molecule has 2 aromatic heterocycles. The summed E-state index contributed by atoms with van der Waals surface area (Å²) in [5.74, 6) is 1.92. The molecule has 104 valence electrons. The van der Waals surface area contributed by atoms with Gasteiger partial charge >= 0.3 is 0 Å². The third-order valence-electron chi connectivity index (χ3n) is 3.57. The van der Waals surface area contributed by atoms with Crippen LogP contribution in [0.1, 0.15) is 29.6 Å². The largest absolute Gasteiger partial charge is 0.349 e. The van der Waals surface area contributed by atoms with Crippen molar-refractivity contribution in [2.75, 3.05) is 11.4 Å². The van der Waals surface area contributed by atoms with Crippen LogP contribution in [0.2, 0.25) is 0 Å². The second-order valence-corrected chi connectivity index (χ2v) is 5.96. The summed E-state index contributed by atoms with van der Waals surface area (Å²) >= 11 is 3.61. The molecule has 5 heteroatoms. The van der Waals surface area contributed by atoms with Gasteiger partial charge in [-0.2, -0.15) is 0 Å². The summed E-state index contributed by atoms with van der Waals surface area (Å²) in [6.45, 7) is 5.89. The standard InChI is InChI=1S/C15H17BrN4/c1-3-14-17-8-11-4-5-20(9-13(11)19-14)15-12(16)6-10(2)7-18-15/h6-8H,3-5,9H2,1-2H3. The molecule has 0 aliphatic carbocycles. The Hall–Kier alpha value is -1.49. The average molecular weight is 333 g/mol. The molecular weight excluding hydrogens is 316 g/mol. The van der Waals surface area contributed by atoms with E-state index in [0.717, 1.165) is 53.3 Å². The van der Waals surface area contributed by atoms with Crippen LogP contribution < -0.4 is 4.90 Å². The molecule has 3 heterocycles. The van der Waals surface area contributed by atoms with Gasteiger partial charge in [0.1, 0.15) is 11.6 Å². The molecule has 0 bridgehead atoms. The number of aryl methyl sites for hydroxylation is 2. The Morgan fingerprint density at radius 3 is 2.90 bits per heavy atom. The maximum atomic E-state index is 4.66. The lowest BCUT2D eigenvalue weighted by atomic mass is 10.1. The van der Waals surface area contributed by atoms with E-state index in [1.165, 1.54) is 5.56 Å². The second kappa shape index (κ2) is 5.48. The van der Waals surface area contributed by atoms with Crippen LogP contribution in [-0.2, 0) is 19.4 Å². The number of halogens is 1. The van der Waals surface area contributed by atoms with Gasteiger partial charge in [-0.15, -0.1) is 0 Å². The van der Waals surface area contributed by atoms with Crippen molar-refractivity contribution in [3.63, 3.8) is 0 Å². The lowest BCUT2D eigenvalue weighted by Crippen LogP contribution is -2.32. The summed E-state index contributed by atoms with van der Waals surface area (Å²) in [6, 6.07) is 2.11. The molecule has 20 heavy (non-hydrogen) atoms. The van der Waals surface area contributed by atoms with Crippen LogP contribution in [0, 0.1) is 6.92 Å². The van der Waals surface area contributed by atoms with E-state index in [1.54, 1.807) is 0 Å². The molecule has 3 rings (SSSR count). The Balaban J connectivity index is 1.91. The number of rotatable bonds is 2. The maximum Gasteiger partial charge on any atom is 0.143 e. The zero-order chi connectivity index (χ0) is 14.1. The number of hydrogen-bond acceptors (Lipinski definition) is 4. The van der Waals surface area contributed by atoms with Crippen molar-refractivity contribution < 1.29 is 0 Å². The van der Waals surface area contributed by atoms with Crippen molar-refractivity contribution >= 4 is 21.7 Å². The minimum Gasteiger partial charge on any atom is -0.349 e. The van der Waals surface area contributed by atoms with Crippen molar-refractivity contribution in [2.24, 2.45) is 0 Å². The number of nitrogens with zero attached hydrogens (tertiary/aromatic N) is 4. The SMILES string of the molecule is CCc1ncc2c(n1)CN(c1ncc(C)cc1Br)CC2. The number of hydrogen-bond donors (Lipinski definition) is 0. The van der Waals surface area contributed by atoms with Gasteiger partial charge in [0.2, 0.25) is 0 Å². The monoisotopic (exact) mass is 332 g/mol. The molecule has 0 unspecified atom stereocenters. The first kappa shape index (κ1) is 13.5. The fraction of sp³-hybridized carbons (Fsp3) is 0.400. The van der Waals surface area contributed by atoms with E-state index in [0.29, 0.717) is 0 Å². The molecular formula is C15H17BrN4. The highest BCUT2D eigenvalue weighted by atomic mass is 79.9. The molecule has 1 aliphatic heterocycles. The zero-order valence-corrected chi connectivity index (χ0v) is 13.3. The van der Waals surface area contributed by atoms with Crippen LogP contribution in [0.4, 0.5) is 5.82 Å². The Kier molecular flexibility index (Phi) is 3.70. The van der Waals surface area contributed by atoms with Crippen molar-refractivity contribution in [3.05, 3.63) is 45.6 Å². The smallest absolute Gasteiger partial charge is 0.143 e. The maximum absolute atomic E-state index is 4.66. The highest BCUT2D eigenvalue weighted by Crippen LogP contribution is 2.28. The number of anilines is 1. The number of aromatic nitrogens is 3. The van der Waals surface area contributed by atoms with Crippen LogP contribution in [0.25, 0.3) is 0 Å². The van der Waals surface area contributed by atoms with E-state index in [2.05, 4.69) is 48.8 Å². The number of pyridine rings is 1. The van der Waals surface area contributed by atoms with Crippen LogP contribution in [0.15, 0.2) is 22.9 Å². The summed E-state index contributed by atoms with van der Waals surface area (Å²) in [7, 11) is 0. The second-order valence-electron chi connectivity index (χ2n) is 5.10. The van der Waals surface area contributed by atoms with Crippen molar-refractivity contribution in [3.8, 4) is 0 Å². The van der Waals surface area contributed by atoms with Gasteiger partial charge in [-0.25, -0.2) is 15.0 Å². The van der Waals surface area contributed by atoms with Crippen molar-refractivity contribution in [1.29, 1.82) is 0 Å². The Labute approximate surface area is 127 Å². The molecule has 0 fully saturated rings. The van der Waals surface area contributed by atoms with Gasteiger partial charge in [-0.3, -0.25) is 0 Å². The predicted octanol–water partition coefficient (Wildman–Crippen LogP) is 3.07. The van der Waals surface area contributed by atoms with E-state index in [-0.39, 0.29) is 0 Å². The first-order chi connectivity index (χ1) is 9.67. The van der Waals surface area contributed by atoms with Gasteiger partial charge in [0.25, 0.3) is 0 Å². The summed E-state index contributed by atoms with van der Waals surface area (Å²) in [4.78, 5) is 15.9. The van der Waals surface area contributed by atoms with E-state index >= 15 is 0 Å². The lowest BCUT2D eigenvalue weighted by Gasteiger charge is -2.29. The summed E-state index contributed by atoms with van der Waals surface area (Å²) in [6.07, 6.45) is 5.74. The van der Waals surface area contributed by atoms with Gasteiger partial charge in [-0.05, 0) is 46.5 Å². The molecule has 0 N–H and O–H groups in total. The molecule has 0 radical (unpaired) electrons. The highest BCUT2D eigenvalue weighted by Gasteiger charge is 2.21. The zero-order valence-electron chi connectivity index (χ0n) is 11.7. The summed E-state index contributed by atoms with van der Waals surface area (Å²) in [5, 5.41) is 0. The quantitative estimate of drug-likeness (QED) is 0.847. The van der Waals surface area contributed by atoms with E-state index in [1.807, 2.05) is 19.3 Å². The fourth-order valence-corrected chi connectivity index (χ4v) is 3.17. The number of fused-ring (bicyclic) bond motifs is 1. The fourth-order valence-electron chi connectivity index (χ4n) is 2.45. The van der Waals surface area contributed by atoms with E-state index in [4.69, 9.17) is 0 Å². The van der Waals surface area contributed by atoms with Crippen molar-refractivity contribution in [1.82, 2.24) is 15.0 Å². The first-order valence-corrected chi connectivity index (χ1v) is 7.67.